The van der Waals surface area contributed by atoms with Gasteiger partial charge in [-0.15, -0.1) is 0 Å². The van der Waals surface area contributed by atoms with E-state index in [1.165, 1.54) is 25.7 Å². The number of carbonyl (C=O) groups is 2. The molecule has 0 N–H and O–H groups in total. The van der Waals surface area contributed by atoms with E-state index in [1.54, 1.807) is 0 Å². The van der Waals surface area contributed by atoms with Crippen molar-refractivity contribution in [1.29, 1.82) is 0 Å². The van der Waals surface area contributed by atoms with Gasteiger partial charge >= 0.3 is 12.1 Å². The maximum absolute atomic E-state index is 12.9. The first kappa shape index (κ1) is 21.7. The van der Waals surface area contributed by atoms with Crippen molar-refractivity contribution in [2.75, 3.05) is 6.61 Å². The number of piperidine rings is 1. The Morgan fingerprint density at radius 3 is 2.60 bits per heavy atom. The van der Waals surface area contributed by atoms with Crippen LogP contribution in [0.2, 0.25) is 0 Å². The van der Waals surface area contributed by atoms with Crippen LogP contribution in [0.5, 0.6) is 0 Å². The fourth-order valence-electron chi connectivity index (χ4n) is 6.49. The van der Waals surface area contributed by atoms with Crippen LogP contribution >= 0.6 is 0 Å². The van der Waals surface area contributed by atoms with Crippen LogP contribution in [0.3, 0.4) is 0 Å². The first-order chi connectivity index (χ1) is 14.2. The second kappa shape index (κ2) is 8.55. The number of fused-ring (bicyclic) bond motifs is 2. The summed E-state index contributed by atoms with van der Waals surface area (Å²) in [7, 11) is 0. The molecule has 5 heteroatoms. The molecule has 5 unspecified atom stereocenters. The lowest BCUT2D eigenvalue weighted by Gasteiger charge is -2.45. The van der Waals surface area contributed by atoms with E-state index in [-0.39, 0.29) is 30.1 Å². The van der Waals surface area contributed by atoms with Gasteiger partial charge < -0.3 is 9.47 Å². The molecule has 0 aromatic rings. The zero-order valence-corrected chi connectivity index (χ0v) is 19.1. The quantitative estimate of drug-likeness (QED) is 0.450. The highest BCUT2D eigenvalue weighted by molar-refractivity contribution is 5.75. The molecule has 2 saturated carbocycles. The predicted octanol–water partition coefficient (Wildman–Crippen LogP) is 5.34. The molecule has 4 rings (SSSR count). The summed E-state index contributed by atoms with van der Waals surface area (Å²) in [6.07, 6.45) is 13.6. The Kier molecular flexibility index (Phi) is 6.18. The van der Waals surface area contributed by atoms with E-state index < -0.39 is 5.60 Å². The van der Waals surface area contributed by atoms with Crippen molar-refractivity contribution in [2.45, 2.75) is 96.7 Å². The Morgan fingerprint density at radius 1 is 1.07 bits per heavy atom. The van der Waals surface area contributed by atoms with Crippen molar-refractivity contribution < 1.29 is 19.1 Å². The molecule has 0 spiro atoms. The highest BCUT2D eigenvalue weighted by Crippen LogP contribution is 2.51. The number of rotatable bonds is 2. The number of nitrogens with zero attached hydrogens (tertiary/aromatic N) is 1. The van der Waals surface area contributed by atoms with E-state index in [4.69, 9.17) is 9.47 Å². The predicted molar refractivity (Wildman–Crippen MR) is 116 cm³/mol. The van der Waals surface area contributed by atoms with E-state index in [9.17, 15) is 9.59 Å². The van der Waals surface area contributed by atoms with Crippen LogP contribution in [-0.4, -0.2) is 41.3 Å². The molecule has 1 amide bonds. The van der Waals surface area contributed by atoms with Gasteiger partial charge in [0.15, 0.2) is 0 Å². The fraction of sp³-hybridized carbons (Fsp3) is 0.840. The largest absolute Gasteiger partial charge is 0.465 e. The smallest absolute Gasteiger partial charge is 0.411 e. The second-order valence-corrected chi connectivity index (χ2v) is 11.0. The average Bonchev–Trinajstić information content (AvgIpc) is 3.04. The van der Waals surface area contributed by atoms with Gasteiger partial charge in [-0.2, -0.15) is 0 Å². The summed E-state index contributed by atoms with van der Waals surface area (Å²) in [5.74, 6) is 2.09. The number of hydrogen-bond acceptors (Lipinski definition) is 4. The number of likely N-dealkylation sites (tertiary alicyclic amines) is 1. The molecular formula is C25H39NO4. The van der Waals surface area contributed by atoms with Crippen LogP contribution in [0.15, 0.2) is 12.2 Å². The van der Waals surface area contributed by atoms with Crippen LogP contribution in [0.1, 0.15) is 79.1 Å². The summed E-state index contributed by atoms with van der Waals surface area (Å²) in [6, 6.07) is 0.255. The van der Waals surface area contributed by atoms with Crippen molar-refractivity contribution in [2.24, 2.45) is 29.6 Å². The summed E-state index contributed by atoms with van der Waals surface area (Å²) in [5.41, 5.74) is -0.490. The molecule has 168 valence electrons. The van der Waals surface area contributed by atoms with Gasteiger partial charge in [0.1, 0.15) is 5.60 Å². The summed E-state index contributed by atoms with van der Waals surface area (Å²) >= 11 is 0. The normalized spacial score (nSPS) is 39.4. The van der Waals surface area contributed by atoms with Crippen molar-refractivity contribution >= 4 is 12.1 Å². The summed E-state index contributed by atoms with van der Waals surface area (Å²) in [6.45, 7) is 8.46. The number of ether oxygens (including phenoxy) is 2. The molecule has 7 atom stereocenters. The van der Waals surface area contributed by atoms with E-state index in [1.807, 2.05) is 25.7 Å². The van der Waals surface area contributed by atoms with Crippen molar-refractivity contribution in [3.8, 4) is 0 Å². The lowest BCUT2D eigenvalue weighted by molar-refractivity contribution is -0.142. The third kappa shape index (κ3) is 4.40. The molecule has 4 aliphatic rings. The van der Waals surface area contributed by atoms with Crippen LogP contribution in [0, 0.1) is 29.6 Å². The lowest BCUT2D eigenvalue weighted by Crippen LogP contribution is -2.50. The lowest BCUT2D eigenvalue weighted by atomic mass is 9.58. The summed E-state index contributed by atoms with van der Waals surface area (Å²) < 4.78 is 11.2. The zero-order valence-electron chi connectivity index (χ0n) is 19.1. The number of allylic oxidation sites excluding steroid dienone is 1. The zero-order chi connectivity index (χ0) is 21.5. The molecule has 2 aliphatic heterocycles. The number of amides is 1. The van der Waals surface area contributed by atoms with Crippen molar-refractivity contribution in [1.82, 2.24) is 4.90 Å². The van der Waals surface area contributed by atoms with Gasteiger partial charge in [-0.05, 0) is 77.6 Å². The van der Waals surface area contributed by atoms with Crippen LogP contribution in [0.4, 0.5) is 4.79 Å². The minimum atomic E-state index is -0.490. The Hall–Kier alpha value is -1.52. The first-order valence-corrected chi connectivity index (χ1v) is 12.1. The third-order valence-electron chi connectivity index (χ3n) is 7.86. The SMILES string of the molecule is C[C@H]1CCC[C@H](C=CC2C3CCCCC3CC3C(=O)OCC32)N1C(=O)OC(C)(C)C. The molecular weight excluding hydrogens is 378 g/mol. The molecule has 0 radical (unpaired) electrons. The number of cyclic esters (lactones) is 1. The van der Waals surface area contributed by atoms with Gasteiger partial charge in [-0.1, -0.05) is 31.4 Å². The van der Waals surface area contributed by atoms with Gasteiger partial charge in [0.05, 0.1) is 18.6 Å². The standard InChI is InChI=1S/C25H39NO4/c1-16-8-7-10-18(26(16)24(28)30-25(2,3)4)12-13-20-19-11-6-5-9-17(19)14-21-22(20)15-29-23(21)27/h12-13,16-22H,5-11,14-15H2,1-4H3/t16-,17?,18+,19?,20?,21?,22?/m0/s1. The molecule has 2 heterocycles. The minimum Gasteiger partial charge on any atom is -0.465 e. The Morgan fingerprint density at radius 2 is 1.83 bits per heavy atom. The van der Waals surface area contributed by atoms with E-state index >= 15 is 0 Å². The van der Waals surface area contributed by atoms with Crippen LogP contribution in [0.25, 0.3) is 0 Å². The highest BCUT2D eigenvalue weighted by atomic mass is 16.6. The topological polar surface area (TPSA) is 55.8 Å². The van der Waals surface area contributed by atoms with Gasteiger partial charge in [0.2, 0.25) is 0 Å². The van der Waals surface area contributed by atoms with E-state index in [0.717, 1.165) is 25.7 Å². The second-order valence-electron chi connectivity index (χ2n) is 11.0. The number of esters is 1. The Balaban J connectivity index is 1.54. The molecule has 0 bridgehead atoms. The highest BCUT2D eigenvalue weighted by Gasteiger charge is 2.50. The maximum atomic E-state index is 12.9. The molecule has 30 heavy (non-hydrogen) atoms. The average molecular weight is 418 g/mol. The Labute approximate surface area is 181 Å². The molecule has 2 saturated heterocycles. The number of hydrogen-bond donors (Lipinski definition) is 0. The van der Waals surface area contributed by atoms with Crippen LogP contribution in [-0.2, 0) is 14.3 Å². The van der Waals surface area contributed by atoms with Gasteiger partial charge in [-0.25, -0.2) is 4.79 Å². The van der Waals surface area contributed by atoms with Gasteiger partial charge in [0, 0.05) is 12.0 Å². The molecule has 4 fully saturated rings. The fourth-order valence-corrected chi connectivity index (χ4v) is 6.49. The number of carbonyl (C=O) groups excluding carboxylic acids is 2. The molecule has 5 nitrogen and oxygen atoms in total. The van der Waals surface area contributed by atoms with E-state index in [2.05, 4.69) is 19.1 Å². The van der Waals surface area contributed by atoms with Gasteiger partial charge in [0.25, 0.3) is 0 Å². The summed E-state index contributed by atoms with van der Waals surface area (Å²) in [4.78, 5) is 27.2. The van der Waals surface area contributed by atoms with E-state index in [0.29, 0.717) is 30.3 Å². The molecule has 0 aromatic heterocycles. The maximum Gasteiger partial charge on any atom is 0.411 e. The third-order valence-corrected chi connectivity index (χ3v) is 7.86. The first-order valence-electron chi connectivity index (χ1n) is 12.1. The van der Waals surface area contributed by atoms with Gasteiger partial charge in [-0.3, -0.25) is 9.69 Å². The van der Waals surface area contributed by atoms with Crippen molar-refractivity contribution in [3.63, 3.8) is 0 Å². The molecule has 0 aromatic carbocycles. The Bertz CT molecular complexity index is 681. The van der Waals surface area contributed by atoms with Crippen molar-refractivity contribution in [3.05, 3.63) is 12.2 Å². The monoisotopic (exact) mass is 417 g/mol. The minimum absolute atomic E-state index is 0.0177. The van der Waals surface area contributed by atoms with Crippen LogP contribution < -0.4 is 0 Å². The molecule has 2 aliphatic carbocycles. The summed E-state index contributed by atoms with van der Waals surface area (Å²) in [5, 5.41) is 0.